The van der Waals surface area contributed by atoms with E-state index < -0.39 is 0 Å². The maximum atomic E-state index is 11.5. The predicted octanol–water partition coefficient (Wildman–Crippen LogP) is 2.54. The number of carbonyl (C=O) groups excluding carboxylic acids is 1. The van der Waals surface area contributed by atoms with Crippen LogP contribution in [-0.2, 0) is 0 Å². The molecule has 0 atom stereocenters. The zero-order valence-electron chi connectivity index (χ0n) is 8.75. The molecule has 0 saturated heterocycles. The Hall–Kier alpha value is -1.16. The Kier molecular flexibility index (Phi) is 4.49. The van der Waals surface area contributed by atoms with Crippen LogP contribution in [0.15, 0.2) is 34.5 Å². The SMILES string of the molecule is CC(C)=CCNC(=O)c1ccc(Br)cn1. The van der Waals surface area contributed by atoms with Crippen LogP contribution in [0.4, 0.5) is 0 Å². The molecule has 0 aliphatic carbocycles. The van der Waals surface area contributed by atoms with Gasteiger partial charge in [-0.15, -0.1) is 0 Å². The zero-order chi connectivity index (χ0) is 11.3. The van der Waals surface area contributed by atoms with E-state index >= 15 is 0 Å². The summed E-state index contributed by atoms with van der Waals surface area (Å²) in [6.07, 6.45) is 3.56. The van der Waals surface area contributed by atoms with Crippen LogP contribution < -0.4 is 5.32 Å². The van der Waals surface area contributed by atoms with E-state index in [-0.39, 0.29) is 5.91 Å². The quantitative estimate of drug-likeness (QED) is 0.857. The number of rotatable bonds is 3. The summed E-state index contributed by atoms with van der Waals surface area (Å²) >= 11 is 3.26. The fourth-order valence-electron chi connectivity index (χ4n) is 0.949. The van der Waals surface area contributed by atoms with Crippen LogP contribution in [0.1, 0.15) is 24.3 Å². The number of pyridine rings is 1. The lowest BCUT2D eigenvalue weighted by molar-refractivity contribution is 0.0953. The number of aromatic nitrogens is 1. The number of nitrogens with one attached hydrogen (secondary N) is 1. The third kappa shape index (κ3) is 4.25. The minimum atomic E-state index is -0.153. The summed E-state index contributed by atoms with van der Waals surface area (Å²) in [5.74, 6) is -0.153. The van der Waals surface area contributed by atoms with Crippen LogP contribution in [0.2, 0.25) is 0 Å². The Morgan fingerprint density at radius 3 is 2.80 bits per heavy atom. The van der Waals surface area contributed by atoms with E-state index in [1.807, 2.05) is 19.9 Å². The Morgan fingerprint density at radius 1 is 1.53 bits per heavy atom. The topological polar surface area (TPSA) is 42.0 Å². The van der Waals surface area contributed by atoms with E-state index in [1.54, 1.807) is 18.3 Å². The molecule has 0 saturated carbocycles. The van der Waals surface area contributed by atoms with Crippen LogP contribution in [0, 0.1) is 0 Å². The lowest BCUT2D eigenvalue weighted by Crippen LogP contribution is -2.24. The molecule has 1 heterocycles. The summed E-state index contributed by atoms with van der Waals surface area (Å²) in [4.78, 5) is 15.5. The van der Waals surface area contributed by atoms with Crippen molar-refractivity contribution in [2.75, 3.05) is 6.54 Å². The fraction of sp³-hybridized carbons (Fsp3) is 0.273. The fourth-order valence-corrected chi connectivity index (χ4v) is 1.18. The van der Waals surface area contributed by atoms with Crippen LogP contribution in [0.3, 0.4) is 0 Å². The van der Waals surface area contributed by atoms with Gasteiger partial charge in [-0.05, 0) is 41.9 Å². The summed E-state index contributed by atoms with van der Waals surface area (Å²) < 4.78 is 0.864. The van der Waals surface area contributed by atoms with Crippen LogP contribution >= 0.6 is 15.9 Å². The maximum Gasteiger partial charge on any atom is 0.270 e. The molecule has 80 valence electrons. The third-order valence-corrected chi connectivity index (χ3v) is 2.20. The Balaban J connectivity index is 2.54. The number of halogens is 1. The number of carbonyl (C=O) groups is 1. The second-order valence-corrected chi connectivity index (χ2v) is 4.27. The number of hydrogen-bond donors (Lipinski definition) is 1. The molecular formula is C11H13BrN2O. The average Bonchev–Trinajstić information content (AvgIpc) is 2.18. The summed E-state index contributed by atoms with van der Waals surface area (Å²) in [5, 5.41) is 2.76. The lowest BCUT2D eigenvalue weighted by Gasteiger charge is -2.01. The monoisotopic (exact) mass is 268 g/mol. The molecule has 0 aromatic carbocycles. The van der Waals surface area contributed by atoms with Gasteiger partial charge in [-0.3, -0.25) is 4.79 Å². The number of allylic oxidation sites excluding steroid dienone is 1. The van der Waals surface area contributed by atoms with Crippen LogP contribution in [0.5, 0.6) is 0 Å². The molecule has 0 fully saturated rings. The average molecular weight is 269 g/mol. The van der Waals surface area contributed by atoms with Crippen LogP contribution in [0.25, 0.3) is 0 Å². The van der Waals surface area contributed by atoms with Gasteiger partial charge in [0.25, 0.3) is 5.91 Å². The van der Waals surface area contributed by atoms with Gasteiger partial charge in [-0.25, -0.2) is 4.98 Å². The standard InChI is InChI=1S/C11H13BrN2O/c1-8(2)5-6-13-11(15)10-4-3-9(12)7-14-10/h3-5,7H,6H2,1-2H3,(H,13,15). The molecule has 1 aromatic rings. The van der Waals surface area contributed by atoms with E-state index in [4.69, 9.17) is 0 Å². The molecule has 1 amide bonds. The molecule has 0 aliphatic rings. The van der Waals surface area contributed by atoms with Gasteiger partial charge in [0.2, 0.25) is 0 Å². The molecule has 0 spiro atoms. The van der Waals surface area contributed by atoms with E-state index in [0.29, 0.717) is 12.2 Å². The van der Waals surface area contributed by atoms with Gasteiger partial charge < -0.3 is 5.32 Å². The molecule has 0 unspecified atom stereocenters. The largest absolute Gasteiger partial charge is 0.347 e. The molecule has 0 bridgehead atoms. The normalized spacial score (nSPS) is 9.53. The van der Waals surface area contributed by atoms with Gasteiger partial charge in [-0.1, -0.05) is 11.6 Å². The van der Waals surface area contributed by atoms with Gasteiger partial charge in [-0.2, -0.15) is 0 Å². The van der Waals surface area contributed by atoms with Crippen LogP contribution in [-0.4, -0.2) is 17.4 Å². The highest BCUT2D eigenvalue weighted by molar-refractivity contribution is 9.10. The van der Waals surface area contributed by atoms with Crippen molar-refractivity contribution in [3.63, 3.8) is 0 Å². The lowest BCUT2D eigenvalue weighted by atomic mass is 10.3. The molecule has 1 aromatic heterocycles. The van der Waals surface area contributed by atoms with E-state index in [0.717, 1.165) is 4.47 Å². The summed E-state index contributed by atoms with van der Waals surface area (Å²) in [6.45, 7) is 4.52. The smallest absolute Gasteiger partial charge is 0.270 e. The minimum absolute atomic E-state index is 0.153. The van der Waals surface area contributed by atoms with Crippen molar-refractivity contribution < 1.29 is 4.79 Å². The molecule has 1 rings (SSSR count). The van der Waals surface area contributed by atoms with Crippen molar-refractivity contribution in [3.8, 4) is 0 Å². The molecule has 0 radical (unpaired) electrons. The van der Waals surface area contributed by atoms with Gasteiger partial charge in [0.1, 0.15) is 5.69 Å². The second-order valence-electron chi connectivity index (χ2n) is 3.35. The first-order valence-corrected chi connectivity index (χ1v) is 5.42. The highest BCUT2D eigenvalue weighted by Crippen LogP contribution is 2.07. The van der Waals surface area contributed by atoms with Gasteiger partial charge in [0, 0.05) is 17.2 Å². The van der Waals surface area contributed by atoms with E-state index in [2.05, 4.69) is 26.2 Å². The molecule has 15 heavy (non-hydrogen) atoms. The summed E-state index contributed by atoms with van der Waals surface area (Å²) in [6, 6.07) is 3.48. The van der Waals surface area contributed by atoms with E-state index in [1.165, 1.54) is 5.57 Å². The van der Waals surface area contributed by atoms with Crippen molar-refractivity contribution in [2.24, 2.45) is 0 Å². The molecular weight excluding hydrogens is 256 g/mol. The first kappa shape index (κ1) is 11.9. The number of amides is 1. The van der Waals surface area contributed by atoms with Gasteiger partial charge >= 0.3 is 0 Å². The minimum Gasteiger partial charge on any atom is -0.347 e. The first-order valence-electron chi connectivity index (χ1n) is 4.62. The summed E-state index contributed by atoms with van der Waals surface area (Å²) in [7, 11) is 0. The zero-order valence-corrected chi connectivity index (χ0v) is 10.3. The highest BCUT2D eigenvalue weighted by Gasteiger charge is 2.04. The Bertz CT molecular complexity index is 367. The second kappa shape index (κ2) is 5.66. The van der Waals surface area contributed by atoms with E-state index in [9.17, 15) is 4.79 Å². The van der Waals surface area contributed by atoms with Crippen molar-refractivity contribution >= 4 is 21.8 Å². The Labute approximate surface area is 97.7 Å². The summed E-state index contributed by atoms with van der Waals surface area (Å²) in [5.41, 5.74) is 1.61. The van der Waals surface area contributed by atoms with Crippen molar-refractivity contribution in [2.45, 2.75) is 13.8 Å². The third-order valence-electron chi connectivity index (χ3n) is 1.73. The molecule has 4 heteroatoms. The number of hydrogen-bond acceptors (Lipinski definition) is 2. The molecule has 1 N–H and O–H groups in total. The van der Waals surface area contributed by atoms with Gasteiger partial charge in [0.15, 0.2) is 0 Å². The Morgan fingerprint density at radius 2 is 2.27 bits per heavy atom. The van der Waals surface area contributed by atoms with Crippen molar-refractivity contribution in [1.82, 2.24) is 10.3 Å². The maximum absolute atomic E-state index is 11.5. The first-order chi connectivity index (χ1) is 7.09. The predicted molar refractivity (Wildman–Crippen MR) is 63.7 cm³/mol. The number of nitrogens with zero attached hydrogens (tertiary/aromatic N) is 1. The molecule has 0 aliphatic heterocycles. The van der Waals surface area contributed by atoms with Crippen molar-refractivity contribution in [1.29, 1.82) is 0 Å². The van der Waals surface area contributed by atoms with Crippen molar-refractivity contribution in [3.05, 3.63) is 40.1 Å². The molecule has 3 nitrogen and oxygen atoms in total. The van der Waals surface area contributed by atoms with Gasteiger partial charge in [0.05, 0.1) is 0 Å². The highest BCUT2D eigenvalue weighted by atomic mass is 79.9.